The Balaban J connectivity index is 1.48. The van der Waals surface area contributed by atoms with Crippen LogP contribution in [0.25, 0.3) is 0 Å². The fraction of sp³-hybridized carbons (Fsp3) is 0.375. The highest BCUT2D eigenvalue weighted by molar-refractivity contribution is 7.08. The smallest absolute Gasteiger partial charge is 0.274 e. The van der Waals surface area contributed by atoms with Gasteiger partial charge in [0.2, 0.25) is 5.91 Å². The van der Waals surface area contributed by atoms with Crippen molar-refractivity contribution in [1.82, 2.24) is 14.9 Å². The second-order valence-electron chi connectivity index (χ2n) is 6.05. The first kappa shape index (κ1) is 14.3. The van der Waals surface area contributed by atoms with Crippen LogP contribution in [0.2, 0.25) is 0 Å². The number of rotatable bonds is 2. The Morgan fingerprint density at radius 1 is 1.26 bits per heavy atom. The maximum Gasteiger partial charge on any atom is 0.274 e. The van der Waals surface area contributed by atoms with Gasteiger partial charge in [0.1, 0.15) is 5.69 Å². The van der Waals surface area contributed by atoms with E-state index in [1.54, 1.807) is 22.4 Å². The van der Waals surface area contributed by atoms with Gasteiger partial charge in [-0.05, 0) is 18.4 Å². The lowest BCUT2D eigenvalue weighted by Gasteiger charge is -2.20. The SMILES string of the molecule is Cc1cnc(C(=O)N2C[C@@H]3CN(c4ccsc4)C(=O)[C@@H]3C2)cn1. The van der Waals surface area contributed by atoms with Crippen molar-refractivity contribution in [3.63, 3.8) is 0 Å². The molecular weight excluding hydrogens is 312 g/mol. The molecule has 118 valence electrons. The molecule has 2 aliphatic rings. The summed E-state index contributed by atoms with van der Waals surface area (Å²) in [6.07, 6.45) is 3.10. The average molecular weight is 328 g/mol. The van der Waals surface area contributed by atoms with Gasteiger partial charge in [-0.1, -0.05) is 0 Å². The zero-order valence-corrected chi connectivity index (χ0v) is 13.5. The molecule has 2 saturated heterocycles. The summed E-state index contributed by atoms with van der Waals surface area (Å²) in [5.74, 6) is 0.0856. The molecule has 2 amide bonds. The standard InChI is InChI=1S/C16H16N4O2S/c1-10-4-18-14(5-17-10)16(22)19-6-11-7-20(12-2-3-23-9-12)15(21)13(11)8-19/h2-5,9,11,13H,6-8H2,1H3/t11-,13-/m1/s1. The van der Waals surface area contributed by atoms with Gasteiger partial charge in [0.15, 0.2) is 0 Å². The molecule has 2 atom stereocenters. The Kier molecular flexibility index (Phi) is 3.37. The van der Waals surface area contributed by atoms with E-state index in [0.717, 1.165) is 11.4 Å². The molecule has 2 fully saturated rings. The molecule has 7 heteroatoms. The number of aryl methyl sites for hydroxylation is 1. The zero-order valence-electron chi connectivity index (χ0n) is 12.7. The molecule has 0 saturated carbocycles. The van der Waals surface area contributed by atoms with Crippen LogP contribution in [0.15, 0.2) is 29.2 Å². The van der Waals surface area contributed by atoms with Crippen molar-refractivity contribution in [3.05, 3.63) is 40.6 Å². The van der Waals surface area contributed by atoms with Crippen LogP contribution >= 0.6 is 11.3 Å². The Morgan fingerprint density at radius 2 is 2.13 bits per heavy atom. The highest BCUT2D eigenvalue weighted by atomic mass is 32.1. The van der Waals surface area contributed by atoms with Gasteiger partial charge in [0, 0.05) is 37.1 Å². The number of aromatic nitrogens is 2. The third-order valence-electron chi connectivity index (χ3n) is 4.55. The largest absolute Gasteiger partial charge is 0.336 e. The molecule has 0 radical (unpaired) electrons. The lowest BCUT2D eigenvalue weighted by molar-refractivity contribution is -0.120. The molecule has 6 nitrogen and oxygen atoms in total. The summed E-state index contributed by atoms with van der Waals surface area (Å²) in [6.45, 7) is 3.59. The first-order valence-corrected chi connectivity index (χ1v) is 8.49. The summed E-state index contributed by atoms with van der Waals surface area (Å²) >= 11 is 1.59. The number of thiophene rings is 1. The topological polar surface area (TPSA) is 66.4 Å². The van der Waals surface area contributed by atoms with E-state index >= 15 is 0 Å². The third kappa shape index (κ3) is 2.41. The molecule has 0 aromatic carbocycles. The first-order valence-electron chi connectivity index (χ1n) is 7.55. The van der Waals surface area contributed by atoms with Gasteiger partial charge in [-0.15, -0.1) is 0 Å². The van der Waals surface area contributed by atoms with E-state index in [0.29, 0.717) is 25.3 Å². The second kappa shape index (κ2) is 5.42. The van der Waals surface area contributed by atoms with Crippen molar-refractivity contribution in [2.75, 3.05) is 24.5 Å². The van der Waals surface area contributed by atoms with Crippen LogP contribution in [0.5, 0.6) is 0 Å². The van der Waals surface area contributed by atoms with Crippen LogP contribution in [0.4, 0.5) is 5.69 Å². The summed E-state index contributed by atoms with van der Waals surface area (Å²) in [6, 6.07) is 1.97. The van der Waals surface area contributed by atoms with E-state index in [1.165, 1.54) is 6.20 Å². The van der Waals surface area contributed by atoms with Gasteiger partial charge in [0.05, 0.1) is 23.5 Å². The van der Waals surface area contributed by atoms with E-state index < -0.39 is 0 Å². The average Bonchev–Trinajstić information content (AvgIpc) is 3.25. The maximum absolute atomic E-state index is 12.6. The summed E-state index contributed by atoms with van der Waals surface area (Å²) in [4.78, 5) is 37.0. The normalized spacial score (nSPS) is 23.4. The van der Waals surface area contributed by atoms with Crippen molar-refractivity contribution in [2.45, 2.75) is 6.92 Å². The number of carbonyl (C=O) groups excluding carboxylic acids is 2. The lowest BCUT2D eigenvalue weighted by atomic mass is 10.0. The number of nitrogens with zero attached hydrogens (tertiary/aromatic N) is 4. The summed E-state index contributed by atoms with van der Waals surface area (Å²) < 4.78 is 0. The zero-order chi connectivity index (χ0) is 16.0. The Labute approximate surface area is 137 Å². The van der Waals surface area contributed by atoms with Gasteiger partial charge < -0.3 is 9.80 Å². The molecule has 4 heterocycles. The molecule has 2 aromatic rings. The van der Waals surface area contributed by atoms with Crippen molar-refractivity contribution in [3.8, 4) is 0 Å². The highest BCUT2D eigenvalue weighted by Crippen LogP contribution is 2.36. The van der Waals surface area contributed by atoms with E-state index in [-0.39, 0.29) is 23.7 Å². The highest BCUT2D eigenvalue weighted by Gasteiger charge is 2.48. The second-order valence-corrected chi connectivity index (χ2v) is 6.83. The Hall–Kier alpha value is -2.28. The number of fused-ring (bicyclic) bond motifs is 1. The quantitative estimate of drug-likeness (QED) is 0.839. The minimum Gasteiger partial charge on any atom is -0.336 e. The van der Waals surface area contributed by atoms with Crippen LogP contribution in [-0.4, -0.2) is 46.3 Å². The Morgan fingerprint density at radius 3 is 2.78 bits per heavy atom. The number of hydrogen-bond acceptors (Lipinski definition) is 5. The van der Waals surface area contributed by atoms with E-state index in [4.69, 9.17) is 0 Å². The maximum atomic E-state index is 12.6. The predicted molar refractivity (Wildman–Crippen MR) is 86.3 cm³/mol. The number of amides is 2. The molecule has 2 aromatic heterocycles. The molecule has 0 N–H and O–H groups in total. The van der Waals surface area contributed by atoms with Crippen molar-refractivity contribution in [1.29, 1.82) is 0 Å². The molecule has 0 aliphatic carbocycles. The van der Waals surface area contributed by atoms with Crippen LogP contribution in [0.1, 0.15) is 16.2 Å². The first-order chi connectivity index (χ1) is 11.1. The van der Waals surface area contributed by atoms with Gasteiger partial charge in [0.25, 0.3) is 5.91 Å². The third-order valence-corrected chi connectivity index (χ3v) is 5.22. The van der Waals surface area contributed by atoms with E-state index in [2.05, 4.69) is 9.97 Å². The summed E-state index contributed by atoms with van der Waals surface area (Å²) in [7, 11) is 0. The molecule has 23 heavy (non-hydrogen) atoms. The van der Waals surface area contributed by atoms with E-state index in [9.17, 15) is 9.59 Å². The van der Waals surface area contributed by atoms with Crippen molar-refractivity contribution >= 4 is 28.8 Å². The monoisotopic (exact) mass is 328 g/mol. The van der Waals surface area contributed by atoms with Crippen LogP contribution in [0.3, 0.4) is 0 Å². The number of carbonyl (C=O) groups is 2. The lowest BCUT2D eigenvalue weighted by Crippen LogP contribution is -2.35. The summed E-state index contributed by atoms with van der Waals surface area (Å²) in [5, 5.41) is 3.96. The minimum absolute atomic E-state index is 0.0998. The number of hydrogen-bond donors (Lipinski definition) is 0. The van der Waals surface area contributed by atoms with Gasteiger partial charge in [-0.2, -0.15) is 11.3 Å². The van der Waals surface area contributed by atoms with Crippen LogP contribution in [-0.2, 0) is 4.79 Å². The molecule has 0 unspecified atom stereocenters. The van der Waals surface area contributed by atoms with Gasteiger partial charge >= 0.3 is 0 Å². The molecule has 4 rings (SSSR count). The molecular formula is C16H16N4O2S. The minimum atomic E-state index is -0.137. The molecule has 0 bridgehead atoms. The fourth-order valence-electron chi connectivity index (χ4n) is 3.34. The van der Waals surface area contributed by atoms with Crippen LogP contribution < -0.4 is 4.90 Å². The predicted octanol–water partition coefficient (Wildman–Crippen LogP) is 1.58. The molecule has 2 aliphatic heterocycles. The van der Waals surface area contributed by atoms with Crippen molar-refractivity contribution < 1.29 is 9.59 Å². The van der Waals surface area contributed by atoms with E-state index in [1.807, 2.05) is 28.7 Å². The Bertz CT molecular complexity index is 744. The number of likely N-dealkylation sites (tertiary alicyclic amines) is 1. The van der Waals surface area contributed by atoms with Crippen molar-refractivity contribution in [2.24, 2.45) is 11.8 Å². The van der Waals surface area contributed by atoms with Gasteiger partial charge in [-0.25, -0.2) is 4.98 Å². The van der Waals surface area contributed by atoms with Gasteiger partial charge in [-0.3, -0.25) is 14.6 Å². The summed E-state index contributed by atoms with van der Waals surface area (Å²) in [5.41, 5.74) is 2.09. The van der Waals surface area contributed by atoms with Crippen LogP contribution in [0, 0.1) is 18.8 Å². The number of anilines is 1. The molecule has 0 spiro atoms. The fourth-order valence-corrected chi connectivity index (χ4v) is 3.98.